The lowest BCUT2D eigenvalue weighted by Gasteiger charge is -2.33. The van der Waals surface area contributed by atoms with Crippen LogP contribution in [-0.2, 0) is 23.6 Å². The van der Waals surface area contributed by atoms with E-state index in [1.807, 2.05) is 19.9 Å². The monoisotopic (exact) mass is 446 g/mol. The standard InChI is InChI=1S/C19H26N8O3S/c1-15-14-16(2)27(21-15)17-4-5-18(28)26(22-17)13-10-24-8-11-25(12-9-24)31(29,30)19-20-6-7-23(19)3/h4-7,14H,8-13H2,1-3H3. The van der Waals surface area contributed by atoms with Crippen molar-refractivity contribution in [3.8, 4) is 5.82 Å². The van der Waals surface area contributed by atoms with Gasteiger partial charge in [-0.25, -0.2) is 22.8 Å². The number of aromatic nitrogens is 6. The number of hydrogen-bond donors (Lipinski definition) is 0. The Balaban J connectivity index is 1.39. The summed E-state index contributed by atoms with van der Waals surface area (Å²) in [5.41, 5.74) is 1.65. The first-order valence-corrected chi connectivity index (χ1v) is 11.5. The van der Waals surface area contributed by atoms with Gasteiger partial charge in [0.2, 0.25) is 5.16 Å². The van der Waals surface area contributed by atoms with Crippen molar-refractivity contribution in [1.82, 2.24) is 38.3 Å². The molecule has 0 aromatic carbocycles. The van der Waals surface area contributed by atoms with Crippen LogP contribution in [0.2, 0.25) is 0 Å². The molecule has 12 heteroatoms. The van der Waals surface area contributed by atoms with E-state index in [1.54, 1.807) is 24.0 Å². The molecule has 166 valence electrons. The Hall–Kier alpha value is -2.83. The van der Waals surface area contributed by atoms with Crippen LogP contribution >= 0.6 is 0 Å². The minimum atomic E-state index is -3.60. The lowest BCUT2D eigenvalue weighted by atomic mass is 10.3. The fraction of sp³-hybridized carbons (Fsp3) is 0.474. The summed E-state index contributed by atoms with van der Waals surface area (Å²) in [7, 11) is -1.94. The minimum absolute atomic E-state index is 0.0534. The molecule has 1 aliphatic heterocycles. The van der Waals surface area contributed by atoms with Crippen LogP contribution in [0.3, 0.4) is 0 Å². The van der Waals surface area contributed by atoms with Gasteiger partial charge in [0, 0.05) is 63.9 Å². The van der Waals surface area contributed by atoms with Crippen LogP contribution in [0.4, 0.5) is 0 Å². The fourth-order valence-electron chi connectivity index (χ4n) is 3.72. The lowest BCUT2D eigenvalue weighted by Crippen LogP contribution is -2.49. The molecule has 4 rings (SSSR count). The van der Waals surface area contributed by atoms with Crippen LogP contribution in [0, 0.1) is 13.8 Å². The molecule has 0 saturated carbocycles. The molecule has 0 atom stereocenters. The van der Waals surface area contributed by atoms with E-state index in [9.17, 15) is 13.2 Å². The average molecular weight is 447 g/mol. The Morgan fingerprint density at radius 1 is 1.03 bits per heavy atom. The number of sulfonamides is 1. The second-order valence-corrected chi connectivity index (χ2v) is 9.49. The molecule has 11 nitrogen and oxygen atoms in total. The Kier molecular flexibility index (Phi) is 5.77. The third-order valence-electron chi connectivity index (χ3n) is 5.39. The molecule has 3 aromatic rings. The molecule has 0 spiro atoms. The average Bonchev–Trinajstić information content (AvgIpc) is 3.32. The van der Waals surface area contributed by atoms with Crippen molar-refractivity contribution in [3.05, 3.63) is 52.3 Å². The molecule has 0 amide bonds. The topological polar surface area (TPSA) is 111 Å². The highest BCUT2D eigenvalue weighted by Gasteiger charge is 2.31. The maximum absolute atomic E-state index is 12.8. The zero-order chi connectivity index (χ0) is 22.2. The van der Waals surface area contributed by atoms with Gasteiger partial charge in [0.25, 0.3) is 15.6 Å². The molecule has 0 unspecified atom stereocenters. The molecule has 1 fully saturated rings. The zero-order valence-electron chi connectivity index (χ0n) is 17.8. The molecular weight excluding hydrogens is 420 g/mol. The molecule has 3 aromatic heterocycles. The number of rotatable bonds is 6. The first-order valence-electron chi connectivity index (χ1n) is 10.1. The Morgan fingerprint density at radius 2 is 1.77 bits per heavy atom. The van der Waals surface area contributed by atoms with Crippen molar-refractivity contribution in [1.29, 1.82) is 0 Å². The van der Waals surface area contributed by atoms with Gasteiger partial charge in [-0.2, -0.15) is 9.40 Å². The number of nitrogens with zero attached hydrogens (tertiary/aromatic N) is 8. The smallest absolute Gasteiger partial charge is 0.277 e. The van der Waals surface area contributed by atoms with Gasteiger partial charge in [0.1, 0.15) is 0 Å². The quantitative estimate of drug-likeness (QED) is 0.515. The van der Waals surface area contributed by atoms with E-state index in [1.165, 1.54) is 25.8 Å². The van der Waals surface area contributed by atoms with Gasteiger partial charge in [-0.3, -0.25) is 9.69 Å². The van der Waals surface area contributed by atoms with Gasteiger partial charge in [0.15, 0.2) is 5.82 Å². The number of imidazole rings is 1. The van der Waals surface area contributed by atoms with Crippen LogP contribution in [-0.4, -0.2) is 79.5 Å². The molecular formula is C19H26N8O3S. The summed E-state index contributed by atoms with van der Waals surface area (Å²) in [5.74, 6) is 0.594. The summed E-state index contributed by atoms with van der Waals surface area (Å²) in [6.07, 6.45) is 3.10. The SMILES string of the molecule is Cc1cc(C)n(-c2ccc(=O)n(CCN3CCN(S(=O)(=O)c4nccn4C)CC3)n2)n1. The summed E-state index contributed by atoms with van der Waals surface area (Å²) in [5, 5.41) is 8.93. The van der Waals surface area contributed by atoms with Crippen LogP contribution in [0.1, 0.15) is 11.4 Å². The molecule has 4 heterocycles. The van der Waals surface area contributed by atoms with Crippen LogP contribution in [0.15, 0.2) is 40.5 Å². The van der Waals surface area contributed by atoms with Crippen LogP contribution in [0.25, 0.3) is 5.82 Å². The van der Waals surface area contributed by atoms with E-state index in [-0.39, 0.29) is 10.7 Å². The van der Waals surface area contributed by atoms with E-state index in [2.05, 4.69) is 20.1 Å². The fourth-order valence-corrected chi connectivity index (χ4v) is 5.21. The van der Waals surface area contributed by atoms with E-state index < -0.39 is 10.0 Å². The Morgan fingerprint density at radius 3 is 2.39 bits per heavy atom. The van der Waals surface area contributed by atoms with Gasteiger partial charge in [-0.1, -0.05) is 0 Å². The third-order valence-corrected chi connectivity index (χ3v) is 7.29. The van der Waals surface area contributed by atoms with Gasteiger partial charge >= 0.3 is 0 Å². The highest BCUT2D eigenvalue weighted by Crippen LogP contribution is 2.15. The second kappa shape index (κ2) is 8.36. The summed E-state index contributed by atoms with van der Waals surface area (Å²) in [6.45, 7) is 6.78. The van der Waals surface area contributed by atoms with Crippen molar-refractivity contribution >= 4 is 10.0 Å². The molecule has 0 N–H and O–H groups in total. The summed E-state index contributed by atoms with van der Waals surface area (Å²) >= 11 is 0. The maximum Gasteiger partial charge on any atom is 0.277 e. The number of hydrogen-bond acceptors (Lipinski definition) is 7. The summed E-state index contributed by atoms with van der Waals surface area (Å²) < 4.78 is 31.6. The Labute approximate surface area is 180 Å². The van der Waals surface area contributed by atoms with E-state index in [0.717, 1.165) is 11.4 Å². The van der Waals surface area contributed by atoms with Gasteiger partial charge in [0.05, 0.1) is 12.2 Å². The first-order chi connectivity index (χ1) is 14.8. The predicted octanol–water partition coefficient (Wildman–Crippen LogP) is -0.214. The molecule has 0 bridgehead atoms. The van der Waals surface area contributed by atoms with Gasteiger partial charge in [-0.15, -0.1) is 5.10 Å². The van der Waals surface area contributed by atoms with E-state index in [0.29, 0.717) is 45.1 Å². The molecule has 0 aliphatic carbocycles. The first kappa shape index (κ1) is 21.4. The van der Waals surface area contributed by atoms with E-state index in [4.69, 9.17) is 0 Å². The van der Waals surface area contributed by atoms with Crippen LogP contribution < -0.4 is 5.56 Å². The normalized spacial score (nSPS) is 16.1. The van der Waals surface area contributed by atoms with E-state index >= 15 is 0 Å². The van der Waals surface area contributed by atoms with Crippen molar-refractivity contribution in [2.24, 2.45) is 7.05 Å². The largest absolute Gasteiger partial charge is 0.324 e. The lowest BCUT2D eigenvalue weighted by molar-refractivity contribution is 0.179. The minimum Gasteiger partial charge on any atom is -0.324 e. The predicted molar refractivity (Wildman–Crippen MR) is 113 cm³/mol. The van der Waals surface area contributed by atoms with Crippen molar-refractivity contribution in [2.45, 2.75) is 25.5 Å². The number of aryl methyl sites for hydroxylation is 3. The molecule has 0 radical (unpaired) electrons. The molecule has 31 heavy (non-hydrogen) atoms. The van der Waals surface area contributed by atoms with Crippen LogP contribution in [0.5, 0.6) is 0 Å². The van der Waals surface area contributed by atoms with Gasteiger partial charge in [-0.05, 0) is 26.0 Å². The summed E-state index contributed by atoms with van der Waals surface area (Å²) in [4.78, 5) is 18.4. The highest BCUT2D eigenvalue weighted by atomic mass is 32.2. The third kappa shape index (κ3) is 4.31. The van der Waals surface area contributed by atoms with Crippen molar-refractivity contribution in [3.63, 3.8) is 0 Å². The molecule has 1 aliphatic rings. The maximum atomic E-state index is 12.8. The van der Waals surface area contributed by atoms with Crippen molar-refractivity contribution in [2.75, 3.05) is 32.7 Å². The summed E-state index contributed by atoms with van der Waals surface area (Å²) in [6, 6.07) is 5.12. The van der Waals surface area contributed by atoms with Crippen molar-refractivity contribution < 1.29 is 8.42 Å². The zero-order valence-corrected chi connectivity index (χ0v) is 18.7. The Bertz CT molecular complexity index is 1240. The highest BCUT2D eigenvalue weighted by molar-refractivity contribution is 7.89. The number of piperazine rings is 1. The second-order valence-electron chi connectivity index (χ2n) is 7.66. The van der Waals surface area contributed by atoms with Gasteiger partial charge < -0.3 is 4.57 Å². The molecule has 1 saturated heterocycles.